The van der Waals surface area contributed by atoms with Gasteiger partial charge < -0.3 is 10.0 Å². The van der Waals surface area contributed by atoms with Crippen LogP contribution in [0.1, 0.15) is 31.1 Å². The van der Waals surface area contributed by atoms with Gasteiger partial charge in [-0.1, -0.05) is 6.07 Å². The van der Waals surface area contributed by atoms with E-state index in [1.165, 1.54) is 0 Å². The van der Waals surface area contributed by atoms with Crippen LogP contribution in [0.2, 0.25) is 0 Å². The van der Waals surface area contributed by atoms with Crippen LogP contribution in [0.5, 0.6) is 0 Å². The molecule has 0 radical (unpaired) electrons. The van der Waals surface area contributed by atoms with E-state index in [9.17, 15) is 9.59 Å². The summed E-state index contributed by atoms with van der Waals surface area (Å²) in [6, 6.07) is 3.87. The average molecular weight is 267 g/mol. The van der Waals surface area contributed by atoms with E-state index in [4.69, 9.17) is 5.11 Å². The highest BCUT2D eigenvalue weighted by Crippen LogP contribution is 2.32. The van der Waals surface area contributed by atoms with Crippen molar-refractivity contribution in [3.63, 3.8) is 0 Å². The maximum atomic E-state index is 12.3. The van der Waals surface area contributed by atoms with Crippen LogP contribution in [-0.4, -0.2) is 35.0 Å². The Bertz CT molecular complexity index is 457. The third kappa shape index (κ3) is 2.27. The Balaban J connectivity index is 2.06. The van der Waals surface area contributed by atoms with Gasteiger partial charge >= 0.3 is 5.97 Å². The number of amides is 1. The number of nitrogens with zero attached hydrogens (tertiary/aromatic N) is 1. The van der Waals surface area contributed by atoms with Crippen LogP contribution in [0.15, 0.2) is 17.5 Å². The number of thiophene rings is 1. The second-order valence-corrected chi connectivity index (χ2v) is 6.09. The van der Waals surface area contributed by atoms with Gasteiger partial charge in [0.15, 0.2) is 0 Å². The average Bonchev–Trinajstić information content (AvgIpc) is 2.96. The van der Waals surface area contributed by atoms with Crippen LogP contribution >= 0.6 is 11.3 Å². The van der Waals surface area contributed by atoms with E-state index >= 15 is 0 Å². The maximum absolute atomic E-state index is 12.3. The number of aliphatic carboxylic acids is 1. The number of carboxylic acid groups (broad SMARTS) is 1. The van der Waals surface area contributed by atoms with Gasteiger partial charge in [0, 0.05) is 18.0 Å². The van der Waals surface area contributed by atoms with Crippen molar-refractivity contribution in [2.24, 2.45) is 5.41 Å². The van der Waals surface area contributed by atoms with Crippen LogP contribution < -0.4 is 0 Å². The van der Waals surface area contributed by atoms with Crippen LogP contribution in [0.3, 0.4) is 0 Å². The minimum atomic E-state index is -0.818. The fourth-order valence-corrected chi connectivity index (χ4v) is 3.03. The first kappa shape index (κ1) is 13.1. The summed E-state index contributed by atoms with van der Waals surface area (Å²) in [5.74, 6) is -0.967. The lowest BCUT2D eigenvalue weighted by Gasteiger charge is -2.22. The highest BCUT2D eigenvalue weighted by molar-refractivity contribution is 7.10. The molecule has 5 heteroatoms. The molecule has 0 bridgehead atoms. The van der Waals surface area contributed by atoms with E-state index in [0.717, 1.165) is 4.88 Å². The van der Waals surface area contributed by atoms with E-state index in [0.29, 0.717) is 19.5 Å². The molecule has 1 amide bonds. The first-order valence-electron chi connectivity index (χ1n) is 5.99. The molecule has 18 heavy (non-hydrogen) atoms. The summed E-state index contributed by atoms with van der Waals surface area (Å²) in [4.78, 5) is 26.2. The van der Waals surface area contributed by atoms with E-state index in [1.54, 1.807) is 23.2 Å². The second-order valence-electron chi connectivity index (χ2n) is 5.11. The number of rotatable bonds is 3. The fourth-order valence-electron chi connectivity index (χ4n) is 2.26. The van der Waals surface area contributed by atoms with Gasteiger partial charge in [0.2, 0.25) is 5.91 Å². The molecule has 1 aliphatic heterocycles. The highest BCUT2D eigenvalue weighted by atomic mass is 32.1. The van der Waals surface area contributed by atoms with Gasteiger partial charge in [-0.25, -0.2) is 0 Å². The van der Waals surface area contributed by atoms with Crippen molar-refractivity contribution in [2.45, 2.75) is 26.2 Å². The molecule has 98 valence electrons. The minimum Gasteiger partial charge on any atom is -0.481 e. The van der Waals surface area contributed by atoms with Gasteiger partial charge in [-0.05, 0) is 31.7 Å². The fraction of sp³-hybridized carbons (Fsp3) is 0.538. The molecule has 0 saturated carbocycles. The Morgan fingerprint density at radius 3 is 2.78 bits per heavy atom. The van der Waals surface area contributed by atoms with Crippen molar-refractivity contribution >= 4 is 23.2 Å². The third-order valence-corrected chi connectivity index (χ3v) is 4.70. The Labute approximate surface area is 110 Å². The molecule has 2 atom stereocenters. The van der Waals surface area contributed by atoms with Crippen molar-refractivity contribution in [1.29, 1.82) is 0 Å². The summed E-state index contributed by atoms with van der Waals surface area (Å²) in [7, 11) is 0. The van der Waals surface area contributed by atoms with Crippen molar-refractivity contribution in [3.05, 3.63) is 22.4 Å². The van der Waals surface area contributed by atoms with E-state index in [-0.39, 0.29) is 11.8 Å². The molecule has 1 N–H and O–H groups in total. The minimum absolute atomic E-state index is 0.0300. The zero-order valence-electron chi connectivity index (χ0n) is 10.5. The number of carbonyl (C=O) groups excluding carboxylic acids is 1. The molecule has 4 nitrogen and oxygen atoms in total. The largest absolute Gasteiger partial charge is 0.481 e. The topological polar surface area (TPSA) is 57.6 Å². The summed E-state index contributed by atoms with van der Waals surface area (Å²) in [5, 5.41) is 11.1. The van der Waals surface area contributed by atoms with Gasteiger partial charge in [-0.15, -0.1) is 11.3 Å². The maximum Gasteiger partial charge on any atom is 0.311 e. The number of carboxylic acids is 1. The summed E-state index contributed by atoms with van der Waals surface area (Å²) in [6.45, 7) is 4.44. The van der Waals surface area contributed by atoms with Crippen LogP contribution in [-0.2, 0) is 9.59 Å². The number of hydrogen-bond acceptors (Lipinski definition) is 3. The van der Waals surface area contributed by atoms with Crippen molar-refractivity contribution < 1.29 is 14.7 Å². The molecule has 1 aromatic rings. The Morgan fingerprint density at radius 1 is 1.56 bits per heavy atom. The molecule has 2 rings (SSSR count). The quantitative estimate of drug-likeness (QED) is 0.913. The van der Waals surface area contributed by atoms with Gasteiger partial charge in [0.05, 0.1) is 11.3 Å². The van der Waals surface area contributed by atoms with Crippen LogP contribution in [0.4, 0.5) is 0 Å². The molecule has 1 saturated heterocycles. The summed E-state index contributed by atoms with van der Waals surface area (Å²) in [5.41, 5.74) is -0.787. The van der Waals surface area contributed by atoms with Crippen molar-refractivity contribution in [1.82, 2.24) is 4.90 Å². The van der Waals surface area contributed by atoms with Gasteiger partial charge in [-0.3, -0.25) is 9.59 Å². The number of likely N-dealkylation sites (tertiary alicyclic amines) is 1. The molecule has 0 spiro atoms. The lowest BCUT2D eigenvalue weighted by Crippen LogP contribution is -2.36. The van der Waals surface area contributed by atoms with Crippen molar-refractivity contribution in [3.8, 4) is 0 Å². The SMILES string of the molecule is C[C@H](C(=O)N1CC[C@](C)(C(=O)O)C1)c1cccs1. The van der Waals surface area contributed by atoms with Crippen LogP contribution in [0, 0.1) is 5.41 Å². The summed E-state index contributed by atoms with van der Waals surface area (Å²) < 4.78 is 0. The smallest absolute Gasteiger partial charge is 0.311 e. The third-order valence-electron chi connectivity index (χ3n) is 3.64. The second kappa shape index (κ2) is 4.72. The molecule has 1 aromatic heterocycles. The number of carbonyl (C=O) groups is 2. The Kier molecular flexibility index (Phi) is 3.43. The molecular formula is C13H17NO3S. The lowest BCUT2D eigenvalue weighted by atomic mass is 9.90. The Morgan fingerprint density at radius 2 is 2.28 bits per heavy atom. The predicted octanol–water partition coefficient (Wildman–Crippen LogP) is 2.17. The summed E-state index contributed by atoms with van der Waals surface area (Å²) >= 11 is 1.56. The van der Waals surface area contributed by atoms with Gasteiger partial charge in [-0.2, -0.15) is 0 Å². The predicted molar refractivity (Wildman–Crippen MR) is 69.7 cm³/mol. The molecule has 1 aliphatic rings. The van der Waals surface area contributed by atoms with Gasteiger partial charge in [0.25, 0.3) is 0 Å². The zero-order valence-corrected chi connectivity index (χ0v) is 11.4. The molecule has 0 aliphatic carbocycles. The zero-order chi connectivity index (χ0) is 13.3. The number of hydrogen-bond donors (Lipinski definition) is 1. The monoisotopic (exact) mass is 267 g/mol. The normalized spacial score (nSPS) is 25.1. The lowest BCUT2D eigenvalue weighted by molar-refractivity contribution is -0.147. The molecule has 0 aromatic carbocycles. The molecular weight excluding hydrogens is 250 g/mol. The Hall–Kier alpha value is -1.36. The molecule has 2 heterocycles. The summed E-state index contributed by atoms with van der Waals surface area (Å²) in [6.07, 6.45) is 0.533. The van der Waals surface area contributed by atoms with E-state index in [2.05, 4.69) is 0 Å². The van der Waals surface area contributed by atoms with E-state index < -0.39 is 11.4 Å². The van der Waals surface area contributed by atoms with Crippen LogP contribution in [0.25, 0.3) is 0 Å². The highest BCUT2D eigenvalue weighted by Gasteiger charge is 2.42. The van der Waals surface area contributed by atoms with Gasteiger partial charge in [0.1, 0.15) is 0 Å². The van der Waals surface area contributed by atoms with E-state index in [1.807, 2.05) is 24.4 Å². The first-order chi connectivity index (χ1) is 8.44. The standard InChI is InChI=1S/C13H17NO3S/c1-9(10-4-3-7-18-10)11(15)14-6-5-13(2,8-14)12(16)17/h3-4,7,9H,5-6,8H2,1-2H3,(H,16,17)/t9-,13-/m0/s1. The molecule has 1 fully saturated rings. The first-order valence-corrected chi connectivity index (χ1v) is 6.87. The molecule has 0 unspecified atom stereocenters. The van der Waals surface area contributed by atoms with Crippen molar-refractivity contribution in [2.75, 3.05) is 13.1 Å².